The topological polar surface area (TPSA) is 78.8 Å². The van der Waals surface area contributed by atoms with Crippen molar-refractivity contribution in [1.82, 2.24) is 10.2 Å². The van der Waals surface area contributed by atoms with E-state index in [1.807, 2.05) is 13.0 Å². The van der Waals surface area contributed by atoms with Gasteiger partial charge in [0.2, 0.25) is 0 Å². The molecule has 0 amide bonds. The molecule has 0 atom stereocenters. The first-order valence-electron chi connectivity index (χ1n) is 5.34. The third-order valence-corrected chi connectivity index (χ3v) is 2.82. The molecular weight excluding hydrogens is 254 g/mol. The first kappa shape index (κ1) is 12.4. The van der Waals surface area contributed by atoms with Crippen LogP contribution in [0.5, 0.6) is 5.75 Å². The molecule has 0 aliphatic rings. The van der Waals surface area contributed by atoms with E-state index in [4.69, 9.17) is 21.6 Å². The van der Waals surface area contributed by atoms with E-state index in [2.05, 4.69) is 10.2 Å². The Balaban J connectivity index is 2.86. The fraction of sp³-hybridized carbons (Fsp3) is 0.250. The lowest BCUT2D eigenvalue weighted by molar-refractivity contribution is 0.101. The zero-order valence-electron chi connectivity index (χ0n) is 9.87. The second-order valence-electron chi connectivity index (χ2n) is 3.66. The molecule has 2 rings (SSSR count). The standard InChI is InChI=1S/C12H10ClN3O2/c1-3-18-12-7(6(2)17)4-8(13)10-9(5-14)15-16-11(10)12/h4H,3H2,1-2H3,(H,15,16). The molecule has 2 aromatic rings. The Labute approximate surface area is 108 Å². The molecule has 0 fully saturated rings. The number of carbonyl (C=O) groups is 1. The molecule has 1 heterocycles. The predicted octanol–water partition coefficient (Wildman–Crippen LogP) is 2.69. The van der Waals surface area contributed by atoms with E-state index in [1.54, 1.807) is 0 Å². The predicted molar refractivity (Wildman–Crippen MR) is 67.0 cm³/mol. The Morgan fingerprint density at radius 1 is 1.67 bits per heavy atom. The van der Waals surface area contributed by atoms with Crippen molar-refractivity contribution in [2.45, 2.75) is 13.8 Å². The largest absolute Gasteiger partial charge is 0.491 e. The van der Waals surface area contributed by atoms with E-state index in [0.29, 0.717) is 33.8 Å². The van der Waals surface area contributed by atoms with Crippen LogP contribution < -0.4 is 4.74 Å². The van der Waals surface area contributed by atoms with E-state index in [0.717, 1.165) is 0 Å². The molecule has 0 aliphatic carbocycles. The van der Waals surface area contributed by atoms with Crippen LogP contribution in [0.15, 0.2) is 6.07 Å². The summed E-state index contributed by atoms with van der Waals surface area (Å²) in [7, 11) is 0. The summed E-state index contributed by atoms with van der Waals surface area (Å²) in [5, 5.41) is 16.3. The number of fused-ring (bicyclic) bond motifs is 1. The van der Waals surface area contributed by atoms with Crippen molar-refractivity contribution in [3.8, 4) is 11.8 Å². The molecule has 5 nitrogen and oxygen atoms in total. The number of H-pyrrole nitrogens is 1. The summed E-state index contributed by atoms with van der Waals surface area (Å²) >= 11 is 6.08. The van der Waals surface area contributed by atoms with Crippen LogP contribution in [0.3, 0.4) is 0 Å². The minimum absolute atomic E-state index is 0.157. The summed E-state index contributed by atoms with van der Waals surface area (Å²) < 4.78 is 5.46. The van der Waals surface area contributed by atoms with Crippen LogP contribution in [0.4, 0.5) is 0 Å². The van der Waals surface area contributed by atoms with E-state index in [1.165, 1.54) is 13.0 Å². The van der Waals surface area contributed by atoms with Crippen molar-refractivity contribution >= 4 is 28.3 Å². The SMILES string of the molecule is CCOc1c(C(C)=O)cc(Cl)c2c(C#N)n[nH]c12. The highest BCUT2D eigenvalue weighted by Gasteiger charge is 2.20. The Morgan fingerprint density at radius 3 is 2.94 bits per heavy atom. The molecule has 0 radical (unpaired) electrons. The number of ketones is 1. The molecule has 18 heavy (non-hydrogen) atoms. The van der Waals surface area contributed by atoms with Crippen LogP contribution >= 0.6 is 11.6 Å². The molecule has 1 aromatic carbocycles. The van der Waals surface area contributed by atoms with Gasteiger partial charge in [0.15, 0.2) is 17.2 Å². The zero-order chi connectivity index (χ0) is 13.3. The van der Waals surface area contributed by atoms with E-state index >= 15 is 0 Å². The molecule has 92 valence electrons. The summed E-state index contributed by atoms with van der Waals surface area (Å²) in [4.78, 5) is 11.6. The number of Topliss-reactive ketones (excluding diaryl/α,β-unsaturated/α-hetero) is 1. The summed E-state index contributed by atoms with van der Waals surface area (Å²) in [6, 6.07) is 3.45. The average Bonchev–Trinajstić information content (AvgIpc) is 2.76. The minimum atomic E-state index is -0.157. The lowest BCUT2D eigenvalue weighted by atomic mass is 10.1. The van der Waals surface area contributed by atoms with Crippen LogP contribution in [-0.2, 0) is 0 Å². The number of hydrogen-bond acceptors (Lipinski definition) is 4. The van der Waals surface area contributed by atoms with Gasteiger partial charge in [0.05, 0.1) is 22.6 Å². The number of nitrogens with one attached hydrogen (secondary N) is 1. The van der Waals surface area contributed by atoms with Gasteiger partial charge in [0.25, 0.3) is 0 Å². The number of aromatic amines is 1. The average molecular weight is 264 g/mol. The van der Waals surface area contributed by atoms with Gasteiger partial charge in [-0.3, -0.25) is 9.89 Å². The van der Waals surface area contributed by atoms with Crippen LogP contribution in [-0.4, -0.2) is 22.6 Å². The summed E-state index contributed by atoms with van der Waals surface area (Å²) in [6.45, 7) is 3.64. The third-order valence-electron chi connectivity index (χ3n) is 2.52. The van der Waals surface area contributed by atoms with Crippen molar-refractivity contribution in [3.63, 3.8) is 0 Å². The number of nitrogens with zero attached hydrogens (tertiary/aromatic N) is 2. The molecular formula is C12H10ClN3O2. The number of rotatable bonds is 3. The van der Waals surface area contributed by atoms with Gasteiger partial charge in [-0.2, -0.15) is 10.4 Å². The Hall–Kier alpha value is -2.06. The highest BCUT2D eigenvalue weighted by Crippen LogP contribution is 2.35. The van der Waals surface area contributed by atoms with Crippen LogP contribution in [0.2, 0.25) is 5.02 Å². The van der Waals surface area contributed by atoms with Gasteiger partial charge in [-0.05, 0) is 19.9 Å². The second kappa shape index (κ2) is 4.67. The number of halogens is 1. The second-order valence-corrected chi connectivity index (χ2v) is 4.07. The first-order valence-corrected chi connectivity index (χ1v) is 5.72. The lowest BCUT2D eigenvalue weighted by Crippen LogP contribution is -2.01. The third kappa shape index (κ3) is 1.81. The number of ether oxygens (including phenoxy) is 1. The first-order chi connectivity index (χ1) is 8.60. The molecule has 0 unspecified atom stereocenters. The van der Waals surface area contributed by atoms with Crippen molar-refractivity contribution in [2.75, 3.05) is 6.61 Å². The van der Waals surface area contributed by atoms with Crippen LogP contribution in [0.1, 0.15) is 29.9 Å². The molecule has 0 spiro atoms. The summed E-state index contributed by atoms with van der Waals surface area (Å²) in [5.41, 5.74) is 1.04. The number of hydrogen-bond donors (Lipinski definition) is 1. The van der Waals surface area contributed by atoms with Gasteiger partial charge in [0, 0.05) is 0 Å². The molecule has 0 saturated carbocycles. The van der Waals surface area contributed by atoms with Gasteiger partial charge < -0.3 is 4.74 Å². The highest BCUT2D eigenvalue weighted by atomic mass is 35.5. The maximum atomic E-state index is 11.6. The quantitative estimate of drug-likeness (QED) is 0.864. The smallest absolute Gasteiger partial charge is 0.171 e. The van der Waals surface area contributed by atoms with Crippen molar-refractivity contribution in [2.24, 2.45) is 0 Å². The van der Waals surface area contributed by atoms with Gasteiger partial charge in [-0.15, -0.1) is 0 Å². The normalized spacial score (nSPS) is 10.3. The van der Waals surface area contributed by atoms with Gasteiger partial charge >= 0.3 is 0 Å². The fourth-order valence-electron chi connectivity index (χ4n) is 1.77. The minimum Gasteiger partial charge on any atom is -0.491 e. The molecule has 1 N–H and O–H groups in total. The fourth-order valence-corrected chi connectivity index (χ4v) is 2.07. The maximum Gasteiger partial charge on any atom is 0.171 e. The maximum absolute atomic E-state index is 11.6. The van der Waals surface area contributed by atoms with Gasteiger partial charge in [-0.1, -0.05) is 11.6 Å². The Morgan fingerprint density at radius 2 is 2.39 bits per heavy atom. The summed E-state index contributed by atoms with van der Waals surface area (Å²) in [5.74, 6) is 0.230. The number of aromatic nitrogens is 2. The number of carbonyl (C=O) groups excluding carboxylic acids is 1. The summed E-state index contributed by atoms with van der Waals surface area (Å²) in [6.07, 6.45) is 0. The Bertz CT molecular complexity index is 670. The van der Waals surface area contributed by atoms with Crippen LogP contribution in [0.25, 0.3) is 10.9 Å². The molecule has 0 saturated heterocycles. The highest BCUT2D eigenvalue weighted by molar-refractivity contribution is 6.36. The van der Waals surface area contributed by atoms with E-state index in [-0.39, 0.29) is 11.5 Å². The molecule has 6 heteroatoms. The van der Waals surface area contributed by atoms with Crippen LogP contribution in [0, 0.1) is 11.3 Å². The zero-order valence-corrected chi connectivity index (χ0v) is 10.6. The number of benzene rings is 1. The van der Waals surface area contributed by atoms with E-state index in [9.17, 15) is 4.79 Å². The van der Waals surface area contributed by atoms with Crippen molar-refractivity contribution in [3.05, 3.63) is 22.3 Å². The lowest BCUT2D eigenvalue weighted by Gasteiger charge is -2.09. The molecule has 0 bridgehead atoms. The van der Waals surface area contributed by atoms with E-state index < -0.39 is 0 Å². The molecule has 1 aromatic heterocycles. The van der Waals surface area contributed by atoms with Gasteiger partial charge in [0.1, 0.15) is 11.6 Å². The van der Waals surface area contributed by atoms with Crippen molar-refractivity contribution in [1.29, 1.82) is 5.26 Å². The monoisotopic (exact) mass is 263 g/mol. The molecule has 0 aliphatic heterocycles. The van der Waals surface area contributed by atoms with Crippen molar-refractivity contribution < 1.29 is 9.53 Å². The Kier molecular flexibility index (Phi) is 3.21. The van der Waals surface area contributed by atoms with Gasteiger partial charge in [-0.25, -0.2) is 0 Å². The number of nitriles is 1.